The predicted octanol–water partition coefficient (Wildman–Crippen LogP) is 3.77. The van der Waals surface area contributed by atoms with Crippen LogP contribution >= 0.6 is 0 Å². The van der Waals surface area contributed by atoms with E-state index in [0.717, 1.165) is 11.8 Å². The molecule has 0 spiro atoms. The highest BCUT2D eigenvalue weighted by Gasteiger charge is 2.30. The highest BCUT2D eigenvalue weighted by Crippen LogP contribution is 2.23. The summed E-state index contributed by atoms with van der Waals surface area (Å²) in [5.74, 6) is -0.649. The topological polar surface area (TPSA) is 96.0 Å². The number of halogens is 1. The zero-order chi connectivity index (χ0) is 28.4. The first-order valence-corrected chi connectivity index (χ1v) is 14.4. The molecular weight excluding hydrogens is 521 g/mol. The van der Waals surface area contributed by atoms with E-state index in [1.165, 1.54) is 29.4 Å². The van der Waals surface area contributed by atoms with E-state index in [-0.39, 0.29) is 49.7 Å². The molecule has 10 heteroatoms. The highest BCUT2D eigenvalue weighted by atomic mass is 32.2. The number of sulfonamides is 1. The average Bonchev–Trinajstić information content (AvgIpc) is 2.93. The number of carbonyl (C=O) groups excluding carboxylic acids is 2. The minimum atomic E-state index is -3.63. The number of nitrogens with zero attached hydrogens (tertiary/aromatic N) is 2. The van der Waals surface area contributed by atoms with Crippen LogP contribution < -0.4 is 14.4 Å². The van der Waals surface area contributed by atoms with E-state index in [4.69, 9.17) is 4.74 Å². The summed E-state index contributed by atoms with van der Waals surface area (Å²) in [7, 11) is -0.620. The number of anilines is 1. The second-order valence-electron chi connectivity index (χ2n) is 9.07. The van der Waals surface area contributed by atoms with Crippen molar-refractivity contribution in [2.75, 3.05) is 31.3 Å². The summed E-state index contributed by atoms with van der Waals surface area (Å²) in [6.45, 7) is -0.0571. The summed E-state index contributed by atoms with van der Waals surface area (Å²) in [6, 6.07) is 21.1. The molecule has 3 aromatic rings. The molecular formula is C29H34FN3O5S. The molecule has 1 N–H and O–H groups in total. The summed E-state index contributed by atoms with van der Waals surface area (Å²) in [6.07, 6.45) is 1.49. The normalized spacial score (nSPS) is 11.9. The number of rotatable bonds is 13. The lowest BCUT2D eigenvalue weighted by atomic mass is 10.0. The van der Waals surface area contributed by atoms with Gasteiger partial charge in [-0.25, -0.2) is 12.8 Å². The molecule has 0 saturated carbocycles. The van der Waals surface area contributed by atoms with Gasteiger partial charge in [-0.1, -0.05) is 48.5 Å². The van der Waals surface area contributed by atoms with Gasteiger partial charge in [-0.05, 0) is 42.3 Å². The second-order valence-corrected chi connectivity index (χ2v) is 11.0. The minimum Gasteiger partial charge on any atom is -0.497 e. The summed E-state index contributed by atoms with van der Waals surface area (Å²) < 4.78 is 46.0. The van der Waals surface area contributed by atoms with Crippen LogP contribution in [0.15, 0.2) is 78.9 Å². The Kier molecular flexibility index (Phi) is 10.4. The lowest BCUT2D eigenvalue weighted by molar-refractivity contribution is -0.141. The number of hydrogen-bond donors (Lipinski definition) is 1. The van der Waals surface area contributed by atoms with Gasteiger partial charge in [-0.15, -0.1) is 0 Å². The van der Waals surface area contributed by atoms with Gasteiger partial charge in [-0.3, -0.25) is 13.9 Å². The zero-order valence-corrected chi connectivity index (χ0v) is 23.2. The van der Waals surface area contributed by atoms with Crippen molar-refractivity contribution >= 4 is 27.5 Å². The molecule has 39 heavy (non-hydrogen) atoms. The summed E-state index contributed by atoms with van der Waals surface area (Å²) in [5, 5.41) is 2.62. The van der Waals surface area contributed by atoms with Crippen LogP contribution in [-0.2, 0) is 32.6 Å². The molecule has 3 rings (SSSR count). The molecule has 0 aromatic heterocycles. The van der Waals surface area contributed by atoms with Crippen LogP contribution in [0.3, 0.4) is 0 Å². The molecule has 0 fully saturated rings. The third-order valence-electron chi connectivity index (χ3n) is 6.33. The summed E-state index contributed by atoms with van der Waals surface area (Å²) >= 11 is 0. The number of methoxy groups -OCH3 is 1. The van der Waals surface area contributed by atoms with Gasteiger partial charge in [-0.2, -0.15) is 0 Å². The van der Waals surface area contributed by atoms with Crippen molar-refractivity contribution in [3.63, 3.8) is 0 Å². The molecule has 8 nitrogen and oxygen atoms in total. The summed E-state index contributed by atoms with van der Waals surface area (Å²) in [5.41, 5.74) is 1.57. The Balaban J connectivity index is 1.84. The highest BCUT2D eigenvalue weighted by molar-refractivity contribution is 7.92. The van der Waals surface area contributed by atoms with Crippen LogP contribution in [0.5, 0.6) is 5.75 Å². The fourth-order valence-corrected chi connectivity index (χ4v) is 5.25. The van der Waals surface area contributed by atoms with Crippen LogP contribution in [0.25, 0.3) is 0 Å². The Hall–Kier alpha value is -3.92. The van der Waals surface area contributed by atoms with Crippen LogP contribution in [0.4, 0.5) is 10.1 Å². The number of amides is 2. The molecule has 0 radical (unpaired) electrons. The molecule has 2 amide bonds. The summed E-state index contributed by atoms with van der Waals surface area (Å²) in [4.78, 5) is 28.0. The van der Waals surface area contributed by atoms with Gasteiger partial charge in [0, 0.05) is 38.5 Å². The molecule has 208 valence electrons. The first kappa shape index (κ1) is 29.6. The van der Waals surface area contributed by atoms with Gasteiger partial charge in [0.1, 0.15) is 17.6 Å². The van der Waals surface area contributed by atoms with Crippen molar-refractivity contribution in [1.82, 2.24) is 10.2 Å². The van der Waals surface area contributed by atoms with Gasteiger partial charge in [0.2, 0.25) is 21.8 Å². The zero-order valence-electron chi connectivity index (χ0n) is 22.3. The lowest BCUT2D eigenvalue weighted by Crippen LogP contribution is -2.50. The first-order valence-electron chi connectivity index (χ1n) is 12.5. The van der Waals surface area contributed by atoms with Gasteiger partial charge >= 0.3 is 0 Å². The number of nitrogens with one attached hydrogen (secondary N) is 1. The molecule has 0 heterocycles. The third kappa shape index (κ3) is 8.28. The lowest BCUT2D eigenvalue weighted by Gasteiger charge is -2.31. The minimum absolute atomic E-state index is 0.0427. The smallest absolute Gasteiger partial charge is 0.242 e. The monoisotopic (exact) mass is 555 g/mol. The van der Waals surface area contributed by atoms with E-state index in [1.807, 2.05) is 30.3 Å². The fraction of sp³-hybridized carbons (Fsp3) is 0.310. The molecule has 0 unspecified atom stereocenters. The largest absolute Gasteiger partial charge is 0.497 e. The van der Waals surface area contributed by atoms with E-state index >= 15 is 0 Å². The molecule has 0 aliphatic heterocycles. The molecule has 0 bridgehead atoms. The molecule has 0 aliphatic rings. The number of hydrogen-bond acceptors (Lipinski definition) is 5. The molecule has 0 aliphatic carbocycles. The molecule has 3 aromatic carbocycles. The van der Waals surface area contributed by atoms with E-state index in [2.05, 4.69) is 5.32 Å². The van der Waals surface area contributed by atoms with E-state index in [0.29, 0.717) is 11.4 Å². The standard InChI is InChI=1S/C29H34FN3O5S/c1-31-29(35)27(20-22-10-5-4-6-11-22)32(21-23-12-7-8-13-26(23)30)28(34)14-9-19-33(39(3,36)37)24-15-17-25(38-2)18-16-24/h4-8,10-13,15-18,27H,9,14,19-21H2,1-3H3,(H,31,35)/t27-/m1/s1. The number of ether oxygens (including phenoxy) is 1. The Labute approximate surface area is 229 Å². The van der Waals surface area contributed by atoms with E-state index in [9.17, 15) is 22.4 Å². The second kappa shape index (κ2) is 13.7. The Bertz CT molecular complexity index is 1350. The number of carbonyl (C=O) groups is 2. The van der Waals surface area contributed by atoms with Crippen molar-refractivity contribution in [1.29, 1.82) is 0 Å². The molecule has 0 saturated heterocycles. The SMILES string of the molecule is CNC(=O)[C@@H](Cc1ccccc1)N(Cc1ccccc1F)C(=O)CCCN(c1ccc(OC)cc1)S(C)(=O)=O. The molecule has 1 atom stereocenters. The van der Waals surface area contributed by atoms with Crippen molar-refractivity contribution < 1.29 is 27.1 Å². The van der Waals surface area contributed by atoms with Crippen molar-refractivity contribution in [3.8, 4) is 5.75 Å². The van der Waals surface area contributed by atoms with Crippen LogP contribution in [0, 0.1) is 5.82 Å². The van der Waals surface area contributed by atoms with Crippen molar-refractivity contribution in [3.05, 3.63) is 95.8 Å². The van der Waals surface area contributed by atoms with Gasteiger partial charge in [0.25, 0.3) is 0 Å². The average molecular weight is 556 g/mol. The van der Waals surface area contributed by atoms with Crippen molar-refractivity contribution in [2.24, 2.45) is 0 Å². The van der Waals surface area contributed by atoms with Gasteiger partial charge < -0.3 is 15.0 Å². The van der Waals surface area contributed by atoms with Crippen molar-refractivity contribution in [2.45, 2.75) is 31.8 Å². The number of likely N-dealkylation sites (N-methyl/N-ethyl adjacent to an activating group) is 1. The maximum atomic E-state index is 14.6. The number of benzene rings is 3. The third-order valence-corrected chi connectivity index (χ3v) is 7.52. The van der Waals surface area contributed by atoms with Crippen LogP contribution in [0.2, 0.25) is 0 Å². The van der Waals surface area contributed by atoms with E-state index < -0.39 is 21.9 Å². The predicted molar refractivity (Wildman–Crippen MR) is 149 cm³/mol. The Morgan fingerprint density at radius 1 is 0.974 bits per heavy atom. The first-order chi connectivity index (χ1) is 18.6. The Morgan fingerprint density at radius 3 is 2.21 bits per heavy atom. The fourth-order valence-electron chi connectivity index (χ4n) is 4.28. The van der Waals surface area contributed by atoms with Gasteiger partial charge in [0.15, 0.2) is 0 Å². The van der Waals surface area contributed by atoms with Crippen LogP contribution in [0.1, 0.15) is 24.0 Å². The maximum Gasteiger partial charge on any atom is 0.242 e. The maximum absolute atomic E-state index is 14.6. The van der Waals surface area contributed by atoms with Gasteiger partial charge in [0.05, 0.1) is 19.1 Å². The Morgan fingerprint density at radius 2 is 1.62 bits per heavy atom. The van der Waals surface area contributed by atoms with E-state index in [1.54, 1.807) is 42.5 Å². The van der Waals surface area contributed by atoms with Crippen LogP contribution in [-0.4, -0.2) is 58.1 Å². The quantitative estimate of drug-likeness (QED) is 0.347.